The molecule has 0 heterocycles. The van der Waals surface area contributed by atoms with Gasteiger partial charge in [-0.2, -0.15) is 0 Å². The molecule has 0 radical (unpaired) electrons. The predicted octanol–water partition coefficient (Wildman–Crippen LogP) is 2.95. The summed E-state index contributed by atoms with van der Waals surface area (Å²) in [6.07, 6.45) is 7.78. The molecule has 0 saturated heterocycles. The van der Waals surface area contributed by atoms with E-state index in [9.17, 15) is 19.8 Å². The zero-order valence-electron chi connectivity index (χ0n) is 13.6. The smallest absolute Gasteiger partial charge is 0.324 e. The van der Waals surface area contributed by atoms with Crippen LogP contribution in [0.4, 0.5) is 0 Å². The molecule has 0 aromatic rings. The number of carbonyl (C=O) groups is 2. The summed E-state index contributed by atoms with van der Waals surface area (Å²) in [4.78, 5) is 21.8. The lowest BCUT2D eigenvalue weighted by molar-refractivity contribution is -0.322. The first-order valence-electron chi connectivity index (χ1n) is 8.26. The average Bonchev–Trinajstić information content (AvgIpc) is 2.41. The van der Waals surface area contributed by atoms with E-state index in [-0.39, 0.29) is 19.3 Å². The van der Waals surface area contributed by atoms with Crippen molar-refractivity contribution in [1.82, 2.24) is 0 Å². The fourth-order valence-electron chi connectivity index (χ4n) is 2.14. The summed E-state index contributed by atoms with van der Waals surface area (Å²) in [5.74, 6) is -3.70. The van der Waals surface area contributed by atoms with Gasteiger partial charge in [-0.05, 0) is 19.3 Å². The van der Waals surface area contributed by atoms with Crippen molar-refractivity contribution in [2.75, 3.05) is 0 Å². The van der Waals surface area contributed by atoms with Crippen molar-refractivity contribution in [3.05, 3.63) is 0 Å². The van der Waals surface area contributed by atoms with Crippen LogP contribution in [-0.2, 0) is 14.3 Å². The highest BCUT2D eigenvalue weighted by Crippen LogP contribution is 2.16. The molecule has 0 aliphatic carbocycles. The topological polar surface area (TPSA) is 104 Å². The molecule has 0 aliphatic rings. The normalized spacial score (nSPS) is 11.4. The van der Waals surface area contributed by atoms with Crippen LogP contribution in [0.25, 0.3) is 0 Å². The van der Waals surface area contributed by atoms with Gasteiger partial charge in [-0.15, -0.1) is 0 Å². The molecule has 6 nitrogen and oxygen atoms in total. The van der Waals surface area contributed by atoms with Crippen LogP contribution < -0.4 is 0 Å². The van der Waals surface area contributed by atoms with Crippen LogP contribution in [0.3, 0.4) is 0 Å². The highest BCUT2D eigenvalue weighted by Gasteiger charge is 2.27. The van der Waals surface area contributed by atoms with E-state index < -0.39 is 17.9 Å². The first-order valence-corrected chi connectivity index (χ1v) is 8.26. The third-order valence-corrected chi connectivity index (χ3v) is 3.40. The average molecular weight is 318 g/mol. The van der Waals surface area contributed by atoms with Crippen molar-refractivity contribution in [2.45, 2.75) is 89.9 Å². The Kier molecular flexibility index (Phi) is 11.8. The van der Waals surface area contributed by atoms with E-state index in [0.29, 0.717) is 19.3 Å². The molecule has 0 fully saturated rings. The van der Waals surface area contributed by atoms with Crippen molar-refractivity contribution in [1.29, 1.82) is 0 Å². The van der Waals surface area contributed by atoms with Gasteiger partial charge in [-0.25, -0.2) is 0 Å². The van der Waals surface area contributed by atoms with Gasteiger partial charge in [0, 0.05) is 19.3 Å². The zero-order valence-corrected chi connectivity index (χ0v) is 13.6. The molecule has 0 aliphatic heterocycles. The molecule has 130 valence electrons. The number of esters is 1. The lowest BCUT2D eigenvalue weighted by Crippen LogP contribution is -2.34. The molecule has 0 atom stereocenters. The fourth-order valence-corrected chi connectivity index (χ4v) is 2.14. The molecule has 0 unspecified atom stereocenters. The number of unbranched alkanes of at least 4 members (excludes halogenated alkanes) is 7. The third-order valence-electron chi connectivity index (χ3n) is 3.40. The number of carboxylic acids is 1. The Hall–Kier alpha value is -1.14. The molecule has 3 N–H and O–H groups in total. The Morgan fingerprint density at radius 3 is 1.95 bits per heavy atom. The summed E-state index contributed by atoms with van der Waals surface area (Å²) in [5, 5.41) is 27.5. The van der Waals surface area contributed by atoms with Gasteiger partial charge < -0.3 is 20.1 Å². The number of hydrogen-bond acceptors (Lipinski definition) is 5. The molecule has 0 bridgehead atoms. The van der Waals surface area contributed by atoms with Gasteiger partial charge in [0.2, 0.25) is 0 Å². The van der Waals surface area contributed by atoms with E-state index in [4.69, 9.17) is 5.11 Å². The Morgan fingerprint density at radius 2 is 1.41 bits per heavy atom. The minimum atomic E-state index is -2.34. The van der Waals surface area contributed by atoms with Gasteiger partial charge in [0.15, 0.2) is 0 Å². The predicted molar refractivity (Wildman–Crippen MR) is 82.0 cm³/mol. The number of carbonyl (C=O) groups excluding carboxylic acids is 1. The van der Waals surface area contributed by atoms with Gasteiger partial charge in [0.05, 0.1) is 0 Å². The quantitative estimate of drug-likeness (QED) is 0.258. The SMILES string of the molecule is CCCCCC(O)(O)OC(=O)CCCCCCCCC(=O)O. The minimum absolute atomic E-state index is 0.0379. The second-order valence-corrected chi connectivity index (χ2v) is 5.69. The van der Waals surface area contributed by atoms with Crippen molar-refractivity contribution < 1.29 is 29.6 Å². The largest absolute Gasteiger partial charge is 0.481 e. The summed E-state index contributed by atoms with van der Waals surface area (Å²) in [6, 6.07) is 0. The molecule has 0 rings (SSSR count). The number of aliphatic carboxylic acids is 1. The number of hydrogen-bond donors (Lipinski definition) is 3. The highest BCUT2D eigenvalue weighted by atomic mass is 16.8. The molecule has 0 aromatic heterocycles. The fraction of sp³-hybridized carbons (Fsp3) is 0.875. The Morgan fingerprint density at radius 1 is 0.864 bits per heavy atom. The minimum Gasteiger partial charge on any atom is -0.481 e. The second-order valence-electron chi connectivity index (χ2n) is 5.69. The van der Waals surface area contributed by atoms with Gasteiger partial charge in [-0.3, -0.25) is 9.59 Å². The van der Waals surface area contributed by atoms with Crippen molar-refractivity contribution >= 4 is 11.9 Å². The first-order chi connectivity index (χ1) is 10.4. The summed E-state index contributed by atoms with van der Waals surface area (Å²) in [7, 11) is 0. The van der Waals surface area contributed by atoms with Crippen LogP contribution in [0.5, 0.6) is 0 Å². The Bertz CT molecular complexity index is 314. The third kappa shape index (κ3) is 13.8. The van der Waals surface area contributed by atoms with Gasteiger partial charge >= 0.3 is 17.9 Å². The molecule has 0 amide bonds. The van der Waals surface area contributed by atoms with Crippen LogP contribution >= 0.6 is 0 Å². The van der Waals surface area contributed by atoms with E-state index in [0.717, 1.165) is 38.5 Å². The number of aliphatic hydroxyl groups is 2. The monoisotopic (exact) mass is 318 g/mol. The van der Waals surface area contributed by atoms with E-state index in [1.165, 1.54) is 0 Å². The molecule has 0 spiro atoms. The number of ether oxygens (including phenoxy) is 1. The Balaban J connectivity index is 3.54. The zero-order chi connectivity index (χ0) is 16.8. The van der Waals surface area contributed by atoms with E-state index in [2.05, 4.69) is 4.74 Å². The van der Waals surface area contributed by atoms with Crippen molar-refractivity contribution in [3.8, 4) is 0 Å². The lowest BCUT2D eigenvalue weighted by atomic mass is 10.1. The van der Waals surface area contributed by atoms with E-state index in [1.54, 1.807) is 0 Å². The van der Waals surface area contributed by atoms with Crippen LogP contribution in [-0.4, -0.2) is 33.2 Å². The van der Waals surface area contributed by atoms with Gasteiger partial charge in [0.1, 0.15) is 0 Å². The van der Waals surface area contributed by atoms with Crippen LogP contribution in [0.15, 0.2) is 0 Å². The Labute approximate surface area is 132 Å². The maximum atomic E-state index is 11.5. The maximum Gasteiger partial charge on any atom is 0.324 e. The van der Waals surface area contributed by atoms with Crippen LogP contribution in [0, 0.1) is 0 Å². The lowest BCUT2D eigenvalue weighted by Gasteiger charge is -2.21. The first kappa shape index (κ1) is 20.9. The van der Waals surface area contributed by atoms with Crippen molar-refractivity contribution in [2.24, 2.45) is 0 Å². The molecule has 6 heteroatoms. The molecule has 22 heavy (non-hydrogen) atoms. The highest BCUT2D eigenvalue weighted by molar-refractivity contribution is 5.69. The van der Waals surface area contributed by atoms with Gasteiger partial charge in [-0.1, -0.05) is 45.4 Å². The van der Waals surface area contributed by atoms with Crippen LogP contribution in [0.2, 0.25) is 0 Å². The van der Waals surface area contributed by atoms with Crippen LogP contribution in [0.1, 0.15) is 84.0 Å². The van der Waals surface area contributed by atoms with E-state index >= 15 is 0 Å². The maximum absolute atomic E-state index is 11.5. The molecular formula is C16H30O6. The standard InChI is InChI=1S/C16H30O6/c1-2-3-10-13-16(20,21)22-15(19)12-9-7-5-4-6-8-11-14(17)18/h20-21H,2-13H2,1H3,(H,17,18). The number of rotatable bonds is 14. The van der Waals surface area contributed by atoms with Gasteiger partial charge in [0.25, 0.3) is 0 Å². The number of carboxylic acid groups (broad SMARTS) is 1. The van der Waals surface area contributed by atoms with Crippen molar-refractivity contribution in [3.63, 3.8) is 0 Å². The molecule has 0 saturated carbocycles. The summed E-state index contributed by atoms with van der Waals surface area (Å²) in [6.45, 7) is 2.00. The summed E-state index contributed by atoms with van der Waals surface area (Å²) in [5.41, 5.74) is 0. The summed E-state index contributed by atoms with van der Waals surface area (Å²) < 4.78 is 4.66. The second kappa shape index (κ2) is 12.4. The molecular weight excluding hydrogens is 288 g/mol. The van der Waals surface area contributed by atoms with E-state index in [1.807, 2.05) is 6.92 Å². The summed E-state index contributed by atoms with van der Waals surface area (Å²) >= 11 is 0. The molecule has 0 aromatic carbocycles.